The van der Waals surface area contributed by atoms with Gasteiger partial charge in [-0.15, -0.1) is 0 Å². The Labute approximate surface area is 182 Å². The molecule has 5 rings (SSSR count). The molecule has 162 valence electrons. The van der Waals surface area contributed by atoms with Crippen LogP contribution in [0.2, 0.25) is 0 Å². The number of sulfonamides is 1. The molecule has 0 unspecified atom stereocenters. The molecule has 0 bridgehead atoms. The van der Waals surface area contributed by atoms with Gasteiger partial charge in [-0.2, -0.15) is 4.31 Å². The van der Waals surface area contributed by atoms with Crippen LogP contribution in [0.5, 0.6) is 0 Å². The summed E-state index contributed by atoms with van der Waals surface area (Å²) in [6, 6.07) is 15.9. The fraction of sp³-hybridized carbons (Fsp3) is 0.348. The first-order valence-corrected chi connectivity index (χ1v) is 12.1. The zero-order valence-electron chi connectivity index (χ0n) is 17.2. The summed E-state index contributed by atoms with van der Waals surface area (Å²) >= 11 is 0. The number of benzene rings is 2. The van der Waals surface area contributed by atoms with Gasteiger partial charge in [-0.05, 0) is 55.3 Å². The van der Waals surface area contributed by atoms with Gasteiger partial charge >= 0.3 is 0 Å². The zero-order valence-corrected chi connectivity index (χ0v) is 18.1. The molecule has 8 heteroatoms. The molecule has 2 saturated heterocycles. The van der Waals surface area contributed by atoms with Gasteiger partial charge in [-0.25, -0.2) is 17.8 Å². The molecular formula is C23H25FN4O2S. The van der Waals surface area contributed by atoms with Gasteiger partial charge in [0.1, 0.15) is 11.6 Å². The number of aromatic nitrogens is 1. The lowest BCUT2D eigenvalue weighted by molar-refractivity contribution is 0.477. The molecule has 6 nitrogen and oxygen atoms in total. The summed E-state index contributed by atoms with van der Waals surface area (Å²) in [6.07, 6.45) is 1.84. The van der Waals surface area contributed by atoms with Crippen molar-refractivity contribution in [2.75, 3.05) is 49.1 Å². The third-order valence-corrected chi connectivity index (χ3v) is 8.04. The zero-order chi connectivity index (χ0) is 21.4. The number of anilines is 2. The molecule has 2 aliphatic rings. The third kappa shape index (κ3) is 3.85. The summed E-state index contributed by atoms with van der Waals surface area (Å²) < 4.78 is 41.3. The molecule has 3 aromatic rings. The molecule has 0 amide bonds. The summed E-state index contributed by atoms with van der Waals surface area (Å²) in [7, 11) is -3.44. The Morgan fingerprint density at radius 1 is 0.806 bits per heavy atom. The van der Waals surface area contributed by atoms with Crippen LogP contribution in [0.3, 0.4) is 0 Å². The highest BCUT2D eigenvalue weighted by atomic mass is 32.2. The average Bonchev–Trinajstić information content (AvgIpc) is 3.35. The molecule has 0 aliphatic carbocycles. The van der Waals surface area contributed by atoms with E-state index in [2.05, 4.69) is 9.80 Å². The Bertz CT molecular complexity index is 1200. The third-order valence-electron chi connectivity index (χ3n) is 6.15. The molecule has 2 fully saturated rings. The van der Waals surface area contributed by atoms with Crippen LogP contribution in [-0.4, -0.2) is 57.0 Å². The fourth-order valence-electron chi connectivity index (χ4n) is 4.39. The van der Waals surface area contributed by atoms with Crippen LogP contribution in [0, 0.1) is 5.82 Å². The molecule has 1 aromatic heterocycles. The predicted molar refractivity (Wildman–Crippen MR) is 121 cm³/mol. The van der Waals surface area contributed by atoms with Crippen LogP contribution in [0.1, 0.15) is 12.8 Å². The van der Waals surface area contributed by atoms with E-state index in [1.807, 2.05) is 24.3 Å². The lowest BCUT2D eigenvalue weighted by Gasteiger charge is -2.36. The number of hydrogen-bond acceptors (Lipinski definition) is 5. The average molecular weight is 441 g/mol. The largest absolute Gasteiger partial charge is 0.366 e. The Balaban J connectivity index is 1.33. The van der Waals surface area contributed by atoms with Gasteiger partial charge in [0.05, 0.1) is 16.1 Å². The number of para-hydroxylation sites is 1. The smallest absolute Gasteiger partial charge is 0.243 e. The Morgan fingerprint density at radius 2 is 1.52 bits per heavy atom. The van der Waals surface area contributed by atoms with Gasteiger partial charge in [-0.1, -0.05) is 12.1 Å². The number of fused-ring (bicyclic) bond motifs is 1. The minimum atomic E-state index is -3.44. The van der Waals surface area contributed by atoms with E-state index in [0.29, 0.717) is 36.8 Å². The molecular weight excluding hydrogens is 415 g/mol. The molecule has 0 radical (unpaired) electrons. The fourth-order valence-corrected chi connectivity index (χ4v) is 5.94. The highest BCUT2D eigenvalue weighted by molar-refractivity contribution is 7.89. The molecule has 2 aliphatic heterocycles. The van der Waals surface area contributed by atoms with Crippen molar-refractivity contribution in [3.63, 3.8) is 0 Å². The number of rotatable bonds is 4. The predicted octanol–water partition coefficient (Wildman–Crippen LogP) is 3.49. The van der Waals surface area contributed by atoms with E-state index in [4.69, 9.17) is 4.98 Å². The van der Waals surface area contributed by atoms with Crippen molar-refractivity contribution < 1.29 is 12.8 Å². The first-order chi connectivity index (χ1) is 15.0. The van der Waals surface area contributed by atoms with E-state index in [1.54, 1.807) is 28.6 Å². The van der Waals surface area contributed by atoms with Crippen molar-refractivity contribution in [2.45, 2.75) is 17.7 Å². The number of nitrogens with zero attached hydrogens (tertiary/aromatic N) is 4. The van der Waals surface area contributed by atoms with Crippen molar-refractivity contribution in [3.8, 4) is 0 Å². The van der Waals surface area contributed by atoms with Gasteiger partial charge < -0.3 is 9.80 Å². The summed E-state index contributed by atoms with van der Waals surface area (Å²) in [4.78, 5) is 9.33. The number of piperazine rings is 1. The van der Waals surface area contributed by atoms with E-state index in [9.17, 15) is 12.8 Å². The van der Waals surface area contributed by atoms with Crippen molar-refractivity contribution in [2.24, 2.45) is 0 Å². The van der Waals surface area contributed by atoms with Gasteiger partial charge in [0, 0.05) is 44.7 Å². The second-order valence-electron chi connectivity index (χ2n) is 8.06. The first-order valence-electron chi connectivity index (χ1n) is 10.7. The van der Waals surface area contributed by atoms with Crippen LogP contribution in [0.4, 0.5) is 15.9 Å². The highest BCUT2D eigenvalue weighted by Gasteiger charge is 2.27. The quantitative estimate of drug-likeness (QED) is 0.622. The van der Waals surface area contributed by atoms with E-state index >= 15 is 0 Å². The van der Waals surface area contributed by atoms with Crippen LogP contribution in [0.25, 0.3) is 10.9 Å². The van der Waals surface area contributed by atoms with Crippen molar-refractivity contribution in [1.29, 1.82) is 0 Å². The van der Waals surface area contributed by atoms with Gasteiger partial charge in [0.15, 0.2) is 0 Å². The van der Waals surface area contributed by atoms with E-state index in [1.165, 1.54) is 6.07 Å². The van der Waals surface area contributed by atoms with Crippen LogP contribution in [-0.2, 0) is 10.0 Å². The standard InChI is InChI=1S/C23H25FN4O2S/c24-20-5-1-2-6-22(20)26-13-15-27(16-14-26)23-10-7-18-17-19(8-9-21(18)25-23)31(29,30)28-11-3-4-12-28/h1-2,5-10,17H,3-4,11-16H2. The maximum absolute atomic E-state index is 14.1. The molecule has 0 spiro atoms. The van der Waals surface area contributed by atoms with Crippen molar-refractivity contribution in [3.05, 3.63) is 60.4 Å². The summed E-state index contributed by atoms with van der Waals surface area (Å²) in [6.45, 7) is 4.11. The van der Waals surface area contributed by atoms with Crippen molar-refractivity contribution >= 4 is 32.4 Å². The lowest BCUT2D eigenvalue weighted by Crippen LogP contribution is -2.47. The van der Waals surface area contributed by atoms with Crippen LogP contribution >= 0.6 is 0 Å². The minimum Gasteiger partial charge on any atom is -0.366 e. The van der Waals surface area contributed by atoms with Gasteiger partial charge in [0.2, 0.25) is 10.0 Å². The topological polar surface area (TPSA) is 56.8 Å². The molecule has 2 aromatic carbocycles. The van der Waals surface area contributed by atoms with E-state index in [-0.39, 0.29) is 5.82 Å². The normalized spacial score (nSPS) is 18.1. The van der Waals surface area contributed by atoms with Gasteiger partial charge in [0.25, 0.3) is 0 Å². The minimum absolute atomic E-state index is 0.195. The van der Waals surface area contributed by atoms with Crippen LogP contribution < -0.4 is 9.80 Å². The molecule has 3 heterocycles. The molecule has 0 saturated carbocycles. The number of halogens is 1. The van der Waals surface area contributed by atoms with Crippen LogP contribution in [0.15, 0.2) is 59.5 Å². The maximum atomic E-state index is 14.1. The Hall–Kier alpha value is -2.71. The first kappa shape index (κ1) is 20.2. The summed E-state index contributed by atoms with van der Waals surface area (Å²) in [5, 5.41) is 0.814. The lowest BCUT2D eigenvalue weighted by atomic mass is 10.2. The summed E-state index contributed by atoms with van der Waals surface area (Å²) in [5.74, 6) is 0.662. The number of pyridine rings is 1. The van der Waals surface area contributed by atoms with E-state index in [0.717, 1.165) is 42.7 Å². The number of hydrogen-bond donors (Lipinski definition) is 0. The Morgan fingerprint density at radius 3 is 2.26 bits per heavy atom. The molecule has 31 heavy (non-hydrogen) atoms. The van der Waals surface area contributed by atoms with Gasteiger partial charge in [-0.3, -0.25) is 0 Å². The highest BCUT2D eigenvalue weighted by Crippen LogP contribution is 2.27. The Kier molecular flexibility index (Phi) is 5.27. The second kappa shape index (κ2) is 8.09. The molecule has 0 N–H and O–H groups in total. The molecule has 0 atom stereocenters. The second-order valence-corrected chi connectivity index (χ2v) is 10.00. The summed E-state index contributed by atoms with van der Waals surface area (Å²) in [5.41, 5.74) is 1.41. The van der Waals surface area contributed by atoms with Crippen molar-refractivity contribution in [1.82, 2.24) is 9.29 Å². The maximum Gasteiger partial charge on any atom is 0.243 e. The SMILES string of the molecule is O=S(=O)(c1ccc2nc(N3CCN(c4ccccc4F)CC3)ccc2c1)N1CCCC1. The monoisotopic (exact) mass is 440 g/mol. The van der Waals surface area contributed by atoms with E-state index < -0.39 is 10.0 Å².